The minimum Gasteiger partial charge on any atom is -0.462 e. The molecular weight excluding hydrogens is 745 g/mol. The van der Waals surface area contributed by atoms with Gasteiger partial charge in [-0.25, -0.2) is 0 Å². The fraction of sp³-hybridized carbons (Fsp3) is 0.833. The first-order valence-electron chi connectivity index (χ1n) is 26.0. The second-order valence-corrected chi connectivity index (χ2v) is 17.4. The highest BCUT2D eigenvalue weighted by molar-refractivity contribution is 5.71. The normalized spacial score (nSPS) is 12.2. The van der Waals surface area contributed by atoms with E-state index in [1.54, 1.807) is 0 Å². The van der Waals surface area contributed by atoms with Crippen molar-refractivity contribution in [3.05, 3.63) is 36.5 Å². The van der Waals surface area contributed by atoms with Gasteiger partial charge in [0.25, 0.3) is 0 Å². The fourth-order valence-corrected chi connectivity index (χ4v) is 7.41. The van der Waals surface area contributed by atoms with Crippen LogP contribution in [-0.2, 0) is 28.6 Å². The van der Waals surface area contributed by atoms with Gasteiger partial charge in [-0.2, -0.15) is 0 Å². The van der Waals surface area contributed by atoms with E-state index in [2.05, 4.69) is 57.2 Å². The summed E-state index contributed by atoms with van der Waals surface area (Å²) < 4.78 is 16.7. The summed E-state index contributed by atoms with van der Waals surface area (Å²) in [4.78, 5) is 37.8. The van der Waals surface area contributed by atoms with Gasteiger partial charge in [0, 0.05) is 19.3 Å². The van der Waals surface area contributed by atoms with Crippen molar-refractivity contribution in [2.24, 2.45) is 0 Å². The fourth-order valence-electron chi connectivity index (χ4n) is 7.41. The molecule has 0 spiro atoms. The van der Waals surface area contributed by atoms with Gasteiger partial charge < -0.3 is 14.2 Å². The van der Waals surface area contributed by atoms with E-state index in [0.29, 0.717) is 19.3 Å². The van der Waals surface area contributed by atoms with Gasteiger partial charge in [0.1, 0.15) is 13.2 Å². The Morgan fingerprint density at radius 3 is 0.967 bits per heavy atom. The monoisotopic (exact) mass is 843 g/mol. The molecule has 350 valence electrons. The van der Waals surface area contributed by atoms with E-state index in [1.165, 1.54) is 148 Å². The molecule has 0 saturated heterocycles. The van der Waals surface area contributed by atoms with E-state index in [-0.39, 0.29) is 31.1 Å². The van der Waals surface area contributed by atoms with Crippen molar-refractivity contribution in [2.75, 3.05) is 13.2 Å². The topological polar surface area (TPSA) is 78.9 Å². The minimum atomic E-state index is -0.775. The van der Waals surface area contributed by atoms with E-state index >= 15 is 0 Å². The van der Waals surface area contributed by atoms with Crippen LogP contribution < -0.4 is 0 Å². The molecule has 0 N–H and O–H groups in total. The molecule has 1 atom stereocenters. The summed E-state index contributed by atoms with van der Waals surface area (Å²) in [5.41, 5.74) is 0. The van der Waals surface area contributed by atoms with Crippen molar-refractivity contribution >= 4 is 17.9 Å². The lowest BCUT2D eigenvalue weighted by atomic mass is 10.1. The Balaban J connectivity index is 4.27. The maximum atomic E-state index is 12.8. The summed E-state index contributed by atoms with van der Waals surface area (Å²) in [6.45, 7) is 6.58. The third-order valence-electron chi connectivity index (χ3n) is 11.4. The predicted octanol–water partition coefficient (Wildman–Crippen LogP) is 16.9. The molecule has 6 nitrogen and oxygen atoms in total. The Labute approximate surface area is 372 Å². The molecule has 60 heavy (non-hydrogen) atoms. The summed E-state index contributed by atoms with van der Waals surface area (Å²) in [6, 6.07) is 0. The lowest BCUT2D eigenvalue weighted by molar-refractivity contribution is -0.167. The van der Waals surface area contributed by atoms with E-state index in [0.717, 1.165) is 83.5 Å². The Morgan fingerprint density at radius 1 is 0.333 bits per heavy atom. The zero-order chi connectivity index (χ0) is 43.7. The van der Waals surface area contributed by atoms with Crippen molar-refractivity contribution in [3.8, 4) is 0 Å². The number of rotatable bonds is 47. The Bertz CT molecular complexity index is 1020. The zero-order valence-corrected chi connectivity index (χ0v) is 40.0. The summed E-state index contributed by atoms with van der Waals surface area (Å²) in [5.74, 6) is -0.888. The van der Waals surface area contributed by atoms with Crippen molar-refractivity contribution in [2.45, 2.75) is 277 Å². The number of ether oxygens (including phenoxy) is 3. The van der Waals surface area contributed by atoms with E-state index in [1.807, 2.05) is 0 Å². The average Bonchev–Trinajstić information content (AvgIpc) is 3.24. The van der Waals surface area contributed by atoms with Crippen LogP contribution in [-0.4, -0.2) is 37.2 Å². The highest BCUT2D eigenvalue weighted by Crippen LogP contribution is 2.15. The van der Waals surface area contributed by atoms with Crippen LogP contribution in [0.1, 0.15) is 271 Å². The predicted molar refractivity (Wildman–Crippen MR) is 256 cm³/mol. The van der Waals surface area contributed by atoms with Crippen LogP contribution in [0, 0.1) is 0 Å². The maximum Gasteiger partial charge on any atom is 0.306 e. The van der Waals surface area contributed by atoms with Gasteiger partial charge >= 0.3 is 17.9 Å². The molecule has 0 radical (unpaired) electrons. The molecule has 0 aromatic carbocycles. The second-order valence-electron chi connectivity index (χ2n) is 17.4. The summed E-state index contributed by atoms with van der Waals surface area (Å²) in [7, 11) is 0. The van der Waals surface area contributed by atoms with Gasteiger partial charge in [-0.05, 0) is 77.0 Å². The third kappa shape index (κ3) is 46.7. The molecular formula is C54H98O6. The number of carbonyl (C=O) groups is 3. The summed E-state index contributed by atoms with van der Waals surface area (Å²) in [6.07, 6.45) is 57.1. The Morgan fingerprint density at radius 2 is 0.600 bits per heavy atom. The van der Waals surface area contributed by atoms with Crippen molar-refractivity contribution in [1.29, 1.82) is 0 Å². The number of unbranched alkanes of at least 4 members (excludes halogenated alkanes) is 30. The van der Waals surface area contributed by atoms with Gasteiger partial charge in [-0.15, -0.1) is 0 Å². The number of allylic oxidation sites excluding steroid dienone is 6. The molecule has 0 aliphatic carbocycles. The largest absolute Gasteiger partial charge is 0.462 e. The molecule has 0 fully saturated rings. The summed E-state index contributed by atoms with van der Waals surface area (Å²) in [5, 5.41) is 0. The molecule has 1 unspecified atom stereocenters. The molecule has 0 saturated carbocycles. The van der Waals surface area contributed by atoms with Gasteiger partial charge in [-0.3, -0.25) is 14.4 Å². The molecule has 0 bridgehead atoms. The van der Waals surface area contributed by atoms with E-state index in [4.69, 9.17) is 14.2 Å². The third-order valence-corrected chi connectivity index (χ3v) is 11.4. The molecule has 0 aliphatic rings. The highest BCUT2D eigenvalue weighted by Gasteiger charge is 2.19. The van der Waals surface area contributed by atoms with Gasteiger partial charge in [0.05, 0.1) is 0 Å². The zero-order valence-electron chi connectivity index (χ0n) is 40.0. The van der Waals surface area contributed by atoms with Crippen molar-refractivity contribution < 1.29 is 28.6 Å². The van der Waals surface area contributed by atoms with Crippen LogP contribution in [0.2, 0.25) is 0 Å². The molecule has 0 aromatic rings. The summed E-state index contributed by atoms with van der Waals surface area (Å²) >= 11 is 0. The van der Waals surface area contributed by atoms with Gasteiger partial charge in [0.15, 0.2) is 6.10 Å². The van der Waals surface area contributed by atoms with Crippen molar-refractivity contribution in [3.63, 3.8) is 0 Å². The first-order valence-corrected chi connectivity index (χ1v) is 26.0. The second kappa shape index (κ2) is 49.3. The first kappa shape index (κ1) is 57.6. The van der Waals surface area contributed by atoms with Crippen molar-refractivity contribution in [1.82, 2.24) is 0 Å². The lowest BCUT2D eigenvalue weighted by Gasteiger charge is -2.18. The number of esters is 3. The maximum absolute atomic E-state index is 12.8. The molecule has 0 rings (SSSR count). The molecule has 6 heteroatoms. The average molecular weight is 843 g/mol. The number of hydrogen-bond acceptors (Lipinski definition) is 6. The van der Waals surface area contributed by atoms with Crippen LogP contribution in [0.5, 0.6) is 0 Å². The first-order chi connectivity index (χ1) is 29.5. The van der Waals surface area contributed by atoms with Crippen LogP contribution >= 0.6 is 0 Å². The molecule has 0 amide bonds. The SMILES string of the molecule is CCCCC/C=C\C/C=C\CCCCCCCC(=O)OC(COC(=O)CCCCCCCCCC)COC(=O)CCCCCCCCCCC/C=C\CCCCCCCC. The molecule has 0 heterocycles. The molecule has 0 aromatic heterocycles. The minimum absolute atomic E-state index is 0.0764. The van der Waals surface area contributed by atoms with Crippen LogP contribution in [0.25, 0.3) is 0 Å². The smallest absolute Gasteiger partial charge is 0.306 e. The van der Waals surface area contributed by atoms with Gasteiger partial charge in [-0.1, -0.05) is 211 Å². The number of carbonyl (C=O) groups excluding carboxylic acids is 3. The Kier molecular flexibility index (Phi) is 47.3. The Hall–Kier alpha value is -2.37. The standard InChI is InChI=1S/C54H98O6/c1-4-7-10-13-16-19-21-23-25-26-27-28-30-31-33-35-38-41-44-47-53(56)59-50-51(49-58-52(55)46-43-40-37-18-15-12-9-6-3)60-54(57)48-45-42-39-36-34-32-29-24-22-20-17-14-11-8-5-2/h17,20,23-25,29,51H,4-16,18-19,21-22,26-28,30-50H2,1-3H3/b20-17-,25-23-,29-24-. The van der Waals surface area contributed by atoms with Gasteiger partial charge in [0.2, 0.25) is 0 Å². The van der Waals surface area contributed by atoms with E-state index in [9.17, 15) is 14.4 Å². The highest BCUT2D eigenvalue weighted by atomic mass is 16.6. The van der Waals surface area contributed by atoms with E-state index < -0.39 is 6.10 Å². The van der Waals surface area contributed by atoms with Crippen LogP contribution in [0.4, 0.5) is 0 Å². The number of hydrogen-bond donors (Lipinski definition) is 0. The molecule has 0 aliphatic heterocycles. The van der Waals surface area contributed by atoms with Crippen LogP contribution in [0.15, 0.2) is 36.5 Å². The van der Waals surface area contributed by atoms with Crippen LogP contribution in [0.3, 0.4) is 0 Å². The lowest BCUT2D eigenvalue weighted by Crippen LogP contribution is -2.30. The quantitative estimate of drug-likeness (QED) is 0.0263.